The number of hydrogen-bond acceptors (Lipinski definition) is 3. The van der Waals surface area contributed by atoms with Crippen molar-refractivity contribution in [3.8, 4) is 0 Å². The van der Waals surface area contributed by atoms with Gasteiger partial charge in [0.05, 0.1) is 24.6 Å². The summed E-state index contributed by atoms with van der Waals surface area (Å²) >= 11 is 5.81. The monoisotopic (exact) mass is 483 g/mol. The fourth-order valence-corrected chi connectivity index (χ4v) is 3.03. The number of carbonyl (C=O) groups excluding carboxylic acids is 1. The van der Waals surface area contributed by atoms with E-state index in [9.17, 15) is 9.18 Å². The lowest BCUT2D eigenvalue weighted by atomic mass is 9.99. The number of benzene rings is 1. The summed E-state index contributed by atoms with van der Waals surface area (Å²) in [5, 5.41) is 3.33. The lowest BCUT2D eigenvalue weighted by Gasteiger charge is -2.21. The van der Waals surface area contributed by atoms with E-state index >= 15 is 0 Å². The Bertz CT molecular complexity index is 630. The molecule has 1 heterocycles. The molecule has 0 saturated carbocycles. The summed E-state index contributed by atoms with van der Waals surface area (Å²) in [6.07, 6.45) is 0. The van der Waals surface area contributed by atoms with E-state index in [1.807, 2.05) is 13.8 Å². The van der Waals surface area contributed by atoms with Crippen LogP contribution in [0.15, 0.2) is 23.2 Å². The number of aliphatic imine (C=N–C) groups is 1. The number of methoxy groups -OCH3 is 1. The lowest BCUT2D eigenvalue weighted by Crippen LogP contribution is -2.40. The van der Waals surface area contributed by atoms with Gasteiger partial charge in [-0.25, -0.2) is 9.38 Å². The minimum atomic E-state index is -0.439. The van der Waals surface area contributed by atoms with Crippen LogP contribution >= 0.6 is 35.6 Å². The van der Waals surface area contributed by atoms with Crippen LogP contribution in [0.3, 0.4) is 0 Å². The highest BCUT2D eigenvalue weighted by atomic mass is 127. The molecule has 5 nitrogen and oxygen atoms in total. The van der Waals surface area contributed by atoms with Crippen LogP contribution in [0.2, 0.25) is 5.02 Å². The van der Waals surface area contributed by atoms with Gasteiger partial charge in [-0.05, 0) is 30.5 Å². The molecule has 1 fully saturated rings. The molecular formula is C17H24ClFIN3O2. The summed E-state index contributed by atoms with van der Waals surface area (Å²) < 4.78 is 18.1. The zero-order valence-electron chi connectivity index (χ0n) is 14.6. The Morgan fingerprint density at radius 3 is 2.80 bits per heavy atom. The molecule has 0 aliphatic carbocycles. The Morgan fingerprint density at radius 1 is 1.48 bits per heavy atom. The quantitative estimate of drug-likeness (QED) is 0.309. The van der Waals surface area contributed by atoms with Crippen molar-refractivity contribution in [1.82, 2.24) is 10.2 Å². The van der Waals surface area contributed by atoms with Gasteiger partial charge in [0.2, 0.25) is 0 Å². The van der Waals surface area contributed by atoms with Crippen molar-refractivity contribution >= 4 is 47.5 Å². The zero-order valence-corrected chi connectivity index (χ0v) is 17.7. The van der Waals surface area contributed by atoms with Gasteiger partial charge in [0.25, 0.3) is 0 Å². The first-order valence-electron chi connectivity index (χ1n) is 8.01. The van der Waals surface area contributed by atoms with Crippen LogP contribution in [0, 0.1) is 17.7 Å². The molecule has 0 radical (unpaired) electrons. The van der Waals surface area contributed by atoms with Crippen molar-refractivity contribution in [2.45, 2.75) is 20.4 Å². The van der Waals surface area contributed by atoms with Crippen LogP contribution < -0.4 is 5.32 Å². The van der Waals surface area contributed by atoms with E-state index in [-0.39, 0.29) is 46.8 Å². The predicted octanol–water partition coefficient (Wildman–Crippen LogP) is 3.30. The second kappa shape index (κ2) is 10.2. The number of likely N-dealkylation sites (tertiary alicyclic amines) is 1. The SMILES string of the molecule is CCNC(=NCc1ccc(F)c(Cl)c1)N1CC(C)C(C(=O)OC)C1.I. The molecule has 1 aliphatic rings. The summed E-state index contributed by atoms with van der Waals surface area (Å²) in [4.78, 5) is 18.5. The summed E-state index contributed by atoms with van der Waals surface area (Å²) in [6, 6.07) is 4.58. The van der Waals surface area contributed by atoms with Crippen LogP contribution in [-0.4, -0.2) is 43.6 Å². The molecule has 1 aromatic carbocycles. The normalized spacial score (nSPS) is 20.2. The lowest BCUT2D eigenvalue weighted by molar-refractivity contribution is -0.145. The van der Waals surface area contributed by atoms with Gasteiger partial charge in [0.15, 0.2) is 5.96 Å². The number of guanidine groups is 1. The number of carbonyl (C=O) groups is 1. The first-order chi connectivity index (χ1) is 11.5. The molecule has 2 atom stereocenters. The molecule has 2 unspecified atom stereocenters. The van der Waals surface area contributed by atoms with E-state index in [2.05, 4.69) is 15.2 Å². The molecule has 0 bridgehead atoms. The second-order valence-corrected chi connectivity index (χ2v) is 6.34. The molecule has 140 valence electrons. The number of rotatable bonds is 4. The number of hydrogen-bond donors (Lipinski definition) is 1. The molecule has 0 amide bonds. The van der Waals surface area contributed by atoms with Gasteiger partial charge < -0.3 is 15.0 Å². The van der Waals surface area contributed by atoms with Gasteiger partial charge in [0, 0.05) is 19.6 Å². The van der Waals surface area contributed by atoms with Crippen molar-refractivity contribution < 1.29 is 13.9 Å². The van der Waals surface area contributed by atoms with Gasteiger partial charge in [-0.1, -0.05) is 24.6 Å². The van der Waals surface area contributed by atoms with Crippen LogP contribution in [-0.2, 0) is 16.1 Å². The van der Waals surface area contributed by atoms with Crippen molar-refractivity contribution in [2.75, 3.05) is 26.7 Å². The van der Waals surface area contributed by atoms with E-state index in [1.165, 1.54) is 13.2 Å². The number of nitrogens with one attached hydrogen (secondary N) is 1. The van der Waals surface area contributed by atoms with Crippen LogP contribution in [0.1, 0.15) is 19.4 Å². The fraction of sp³-hybridized carbons (Fsp3) is 0.529. The highest BCUT2D eigenvalue weighted by Gasteiger charge is 2.36. The topological polar surface area (TPSA) is 53.9 Å². The predicted molar refractivity (Wildman–Crippen MR) is 108 cm³/mol. The molecule has 0 aromatic heterocycles. The average molecular weight is 484 g/mol. The third-order valence-corrected chi connectivity index (χ3v) is 4.44. The van der Waals surface area contributed by atoms with E-state index in [4.69, 9.17) is 16.3 Å². The Hall–Kier alpha value is -1.09. The van der Waals surface area contributed by atoms with Crippen molar-refractivity contribution in [3.63, 3.8) is 0 Å². The van der Waals surface area contributed by atoms with Crippen LogP contribution in [0.4, 0.5) is 4.39 Å². The maximum atomic E-state index is 13.2. The molecule has 0 spiro atoms. The smallest absolute Gasteiger partial charge is 0.310 e. The minimum Gasteiger partial charge on any atom is -0.469 e. The van der Waals surface area contributed by atoms with Gasteiger partial charge in [0.1, 0.15) is 5.82 Å². The highest BCUT2D eigenvalue weighted by Crippen LogP contribution is 2.24. The number of ether oxygens (including phenoxy) is 1. The Labute approximate surface area is 170 Å². The maximum Gasteiger partial charge on any atom is 0.310 e. The largest absolute Gasteiger partial charge is 0.469 e. The molecule has 1 aromatic rings. The Kier molecular flexibility index (Phi) is 8.92. The van der Waals surface area contributed by atoms with Crippen molar-refractivity contribution in [1.29, 1.82) is 0 Å². The van der Waals surface area contributed by atoms with E-state index in [1.54, 1.807) is 12.1 Å². The van der Waals surface area contributed by atoms with Crippen LogP contribution in [0.5, 0.6) is 0 Å². The standard InChI is InChI=1S/C17H23ClFN3O2.HI/c1-4-20-17(21-8-12-5-6-15(19)14(18)7-12)22-9-11(2)13(10-22)16(23)24-3;/h5-7,11,13H,4,8-10H2,1-3H3,(H,20,21);1H. The number of esters is 1. The Balaban J connectivity index is 0.00000312. The van der Waals surface area contributed by atoms with E-state index in [0.29, 0.717) is 13.1 Å². The van der Waals surface area contributed by atoms with Crippen molar-refractivity contribution in [3.05, 3.63) is 34.6 Å². The molecule has 8 heteroatoms. The van der Waals surface area contributed by atoms with Gasteiger partial charge in [-0.2, -0.15) is 0 Å². The van der Waals surface area contributed by atoms with E-state index in [0.717, 1.165) is 24.6 Å². The summed E-state index contributed by atoms with van der Waals surface area (Å²) in [7, 11) is 1.41. The molecular weight excluding hydrogens is 460 g/mol. The number of nitrogens with zero attached hydrogens (tertiary/aromatic N) is 2. The highest BCUT2D eigenvalue weighted by molar-refractivity contribution is 14.0. The molecule has 1 aliphatic heterocycles. The zero-order chi connectivity index (χ0) is 17.7. The van der Waals surface area contributed by atoms with Gasteiger partial charge in [-0.15, -0.1) is 24.0 Å². The first kappa shape index (κ1) is 22.0. The van der Waals surface area contributed by atoms with Gasteiger partial charge in [-0.3, -0.25) is 4.79 Å². The summed E-state index contributed by atoms with van der Waals surface area (Å²) in [5.41, 5.74) is 0.827. The second-order valence-electron chi connectivity index (χ2n) is 5.93. The summed E-state index contributed by atoms with van der Waals surface area (Å²) in [5.74, 6) is 0.147. The third kappa shape index (κ3) is 5.70. The van der Waals surface area contributed by atoms with Crippen LogP contribution in [0.25, 0.3) is 0 Å². The Morgan fingerprint density at radius 2 is 2.20 bits per heavy atom. The maximum absolute atomic E-state index is 13.2. The first-order valence-corrected chi connectivity index (χ1v) is 8.39. The van der Waals surface area contributed by atoms with Gasteiger partial charge >= 0.3 is 5.97 Å². The fourth-order valence-electron chi connectivity index (χ4n) is 2.83. The third-order valence-electron chi connectivity index (χ3n) is 4.15. The minimum absolute atomic E-state index is 0. The summed E-state index contributed by atoms with van der Waals surface area (Å²) in [6.45, 7) is 6.43. The molecule has 25 heavy (non-hydrogen) atoms. The number of halogens is 3. The molecule has 2 rings (SSSR count). The molecule has 1 N–H and O–H groups in total. The van der Waals surface area contributed by atoms with Crippen molar-refractivity contribution in [2.24, 2.45) is 16.8 Å². The molecule has 1 saturated heterocycles. The average Bonchev–Trinajstić information content (AvgIpc) is 2.95. The van der Waals surface area contributed by atoms with E-state index < -0.39 is 5.82 Å².